The van der Waals surface area contributed by atoms with Crippen LogP contribution in [0.15, 0.2) is 115 Å². The SMILES string of the molecule is CC1(C)OB(c2ccc(-c3nc4ccccc4c4c3ccc3c5ccccc5n(-c5ccccc5)c34)cc2)OC1(C)C. The summed E-state index contributed by atoms with van der Waals surface area (Å²) >= 11 is 0. The van der Waals surface area contributed by atoms with Crippen molar-refractivity contribution in [2.75, 3.05) is 0 Å². The maximum absolute atomic E-state index is 6.32. The van der Waals surface area contributed by atoms with Gasteiger partial charge in [-0.3, -0.25) is 0 Å². The third-order valence-electron chi connectivity index (χ3n) is 9.22. The summed E-state index contributed by atoms with van der Waals surface area (Å²) in [7, 11) is -0.397. The van der Waals surface area contributed by atoms with E-state index in [1.165, 1.54) is 27.2 Å². The van der Waals surface area contributed by atoms with Crippen LogP contribution < -0.4 is 5.46 Å². The van der Waals surface area contributed by atoms with Crippen LogP contribution in [0, 0.1) is 0 Å². The lowest BCUT2D eigenvalue weighted by atomic mass is 9.78. The molecule has 1 aliphatic heterocycles. The van der Waals surface area contributed by atoms with E-state index in [1.54, 1.807) is 0 Å². The molecule has 0 aliphatic carbocycles. The van der Waals surface area contributed by atoms with E-state index in [2.05, 4.69) is 148 Å². The van der Waals surface area contributed by atoms with Crippen molar-refractivity contribution in [1.82, 2.24) is 9.55 Å². The fourth-order valence-corrected chi connectivity index (χ4v) is 6.33. The summed E-state index contributed by atoms with van der Waals surface area (Å²) in [5.74, 6) is 0. The van der Waals surface area contributed by atoms with E-state index in [0.29, 0.717) is 0 Å². The minimum Gasteiger partial charge on any atom is -0.399 e. The largest absolute Gasteiger partial charge is 0.494 e. The van der Waals surface area contributed by atoms with Crippen LogP contribution in [0.3, 0.4) is 0 Å². The molecule has 3 heterocycles. The predicted octanol–water partition coefficient (Wildman–Crippen LogP) is 8.45. The third kappa shape index (κ3) is 3.67. The summed E-state index contributed by atoms with van der Waals surface area (Å²) in [6.45, 7) is 8.34. The maximum atomic E-state index is 6.32. The Kier molecular flexibility index (Phi) is 5.43. The van der Waals surface area contributed by atoms with E-state index in [1.807, 2.05) is 0 Å². The lowest BCUT2D eigenvalue weighted by Gasteiger charge is -2.32. The van der Waals surface area contributed by atoms with Gasteiger partial charge < -0.3 is 13.9 Å². The number of hydrogen-bond acceptors (Lipinski definition) is 3. The number of hydrogen-bond donors (Lipinski definition) is 0. The average Bonchev–Trinajstić information content (AvgIpc) is 3.46. The first-order valence-corrected chi connectivity index (χ1v) is 14.6. The second-order valence-corrected chi connectivity index (χ2v) is 12.3. The van der Waals surface area contributed by atoms with Crippen LogP contribution in [-0.2, 0) is 9.31 Å². The van der Waals surface area contributed by atoms with E-state index in [4.69, 9.17) is 14.3 Å². The molecule has 0 atom stereocenters. The van der Waals surface area contributed by atoms with Gasteiger partial charge in [-0.1, -0.05) is 91.0 Å². The van der Waals surface area contributed by atoms with Crippen molar-refractivity contribution in [2.45, 2.75) is 38.9 Å². The molecule has 0 spiro atoms. The van der Waals surface area contributed by atoms with Crippen LogP contribution in [0.5, 0.6) is 0 Å². The first kappa shape index (κ1) is 25.3. The number of fused-ring (bicyclic) bond motifs is 7. The van der Waals surface area contributed by atoms with E-state index in [0.717, 1.165) is 38.7 Å². The summed E-state index contributed by atoms with van der Waals surface area (Å²) in [5.41, 5.74) is 6.80. The van der Waals surface area contributed by atoms with Crippen LogP contribution >= 0.6 is 0 Å². The second kappa shape index (κ2) is 9.03. The van der Waals surface area contributed by atoms with Crippen molar-refractivity contribution in [1.29, 1.82) is 0 Å². The van der Waals surface area contributed by atoms with Crippen LogP contribution in [-0.4, -0.2) is 27.9 Å². The Labute approximate surface area is 245 Å². The van der Waals surface area contributed by atoms with Gasteiger partial charge in [0.05, 0.1) is 33.4 Å². The zero-order valence-electron chi connectivity index (χ0n) is 24.3. The number of pyridine rings is 1. The molecular formula is C37H31BN2O2. The van der Waals surface area contributed by atoms with E-state index in [9.17, 15) is 0 Å². The van der Waals surface area contributed by atoms with Crippen molar-refractivity contribution < 1.29 is 9.31 Å². The van der Waals surface area contributed by atoms with Gasteiger partial charge in [-0.2, -0.15) is 0 Å². The van der Waals surface area contributed by atoms with Gasteiger partial charge in [-0.05, 0) is 57.4 Å². The zero-order chi connectivity index (χ0) is 28.6. The number of aromatic nitrogens is 2. The van der Waals surface area contributed by atoms with Crippen LogP contribution in [0.2, 0.25) is 0 Å². The molecule has 0 amide bonds. The molecule has 0 N–H and O–H groups in total. The lowest BCUT2D eigenvalue weighted by molar-refractivity contribution is 0.00578. The third-order valence-corrected chi connectivity index (χ3v) is 9.22. The Morgan fingerprint density at radius 3 is 1.95 bits per heavy atom. The predicted molar refractivity (Wildman–Crippen MR) is 175 cm³/mol. The quantitative estimate of drug-likeness (QED) is 0.165. The molecule has 5 aromatic carbocycles. The normalized spacial score (nSPS) is 16.2. The highest BCUT2D eigenvalue weighted by atomic mass is 16.7. The fraction of sp³-hybridized carbons (Fsp3) is 0.162. The lowest BCUT2D eigenvalue weighted by Crippen LogP contribution is -2.41. The highest BCUT2D eigenvalue weighted by molar-refractivity contribution is 6.62. The van der Waals surface area contributed by atoms with Crippen molar-refractivity contribution in [3.05, 3.63) is 115 Å². The van der Waals surface area contributed by atoms with Gasteiger partial charge in [0, 0.05) is 38.2 Å². The smallest absolute Gasteiger partial charge is 0.399 e. The summed E-state index contributed by atoms with van der Waals surface area (Å²) in [6, 6.07) is 40.8. The first-order valence-electron chi connectivity index (χ1n) is 14.6. The molecule has 0 radical (unpaired) electrons. The van der Waals surface area contributed by atoms with Crippen molar-refractivity contribution in [2.24, 2.45) is 0 Å². The van der Waals surface area contributed by atoms with E-state index in [-0.39, 0.29) is 11.2 Å². The van der Waals surface area contributed by atoms with Gasteiger partial charge in [-0.25, -0.2) is 4.98 Å². The molecule has 2 aromatic heterocycles. The highest BCUT2D eigenvalue weighted by Gasteiger charge is 2.51. The molecule has 1 saturated heterocycles. The number of benzene rings is 5. The Morgan fingerprint density at radius 1 is 0.595 bits per heavy atom. The van der Waals surface area contributed by atoms with Gasteiger partial charge in [0.25, 0.3) is 0 Å². The van der Waals surface area contributed by atoms with Crippen LogP contribution in [0.25, 0.3) is 60.4 Å². The number of nitrogens with zero attached hydrogens (tertiary/aromatic N) is 2. The molecular weight excluding hydrogens is 515 g/mol. The van der Waals surface area contributed by atoms with Gasteiger partial charge in [0.1, 0.15) is 0 Å². The fourth-order valence-electron chi connectivity index (χ4n) is 6.33. The van der Waals surface area contributed by atoms with Crippen molar-refractivity contribution >= 4 is 56.1 Å². The first-order chi connectivity index (χ1) is 20.3. The summed E-state index contributed by atoms with van der Waals surface area (Å²) in [5, 5.41) is 5.97. The van der Waals surface area contributed by atoms with E-state index < -0.39 is 7.12 Å². The average molecular weight is 546 g/mol. The molecule has 7 aromatic rings. The Balaban J connectivity index is 1.40. The van der Waals surface area contributed by atoms with Gasteiger partial charge in [-0.15, -0.1) is 0 Å². The standard InChI is InChI=1S/C37H31BN2O2/c1-36(2)37(3,4)42-38(41-36)25-20-18-24(19-21-25)34-30-23-22-28-27-14-9-11-17-32(27)40(26-12-6-5-7-13-26)35(28)33(30)29-15-8-10-16-31(29)39-34/h5-23H,1-4H3. The summed E-state index contributed by atoms with van der Waals surface area (Å²) < 4.78 is 15.0. The van der Waals surface area contributed by atoms with Crippen LogP contribution in [0.1, 0.15) is 27.7 Å². The topological polar surface area (TPSA) is 36.3 Å². The molecule has 0 bridgehead atoms. The summed E-state index contributed by atoms with van der Waals surface area (Å²) in [4.78, 5) is 5.24. The molecule has 8 rings (SSSR count). The molecule has 204 valence electrons. The number of rotatable bonds is 3. The Bertz CT molecular complexity index is 2130. The Morgan fingerprint density at radius 2 is 1.21 bits per heavy atom. The van der Waals surface area contributed by atoms with Crippen LogP contribution in [0.4, 0.5) is 0 Å². The zero-order valence-corrected chi connectivity index (χ0v) is 24.3. The molecule has 5 heteroatoms. The highest BCUT2D eigenvalue weighted by Crippen LogP contribution is 2.42. The molecule has 4 nitrogen and oxygen atoms in total. The van der Waals surface area contributed by atoms with Crippen molar-refractivity contribution in [3.8, 4) is 16.9 Å². The van der Waals surface area contributed by atoms with Crippen molar-refractivity contribution in [3.63, 3.8) is 0 Å². The molecule has 1 fully saturated rings. The molecule has 0 unspecified atom stereocenters. The maximum Gasteiger partial charge on any atom is 0.494 e. The second-order valence-electron chi connectivity index (χ2n) is 12.3. The van der Waals surface area contributed by atoms with Gasteiger partial charge in [0.15, 0.2) is 0 Å². The monoisotopic (exact) mass is 546 g/mol. The van der Waals surface area contributed by atoms with Gasteiger partial charge in [0.2, 0.25) is 0 Å². The number of para-hydroxylation sites is 3. The Hall–Kier alpha value is -4.45. The van der Waals surface area contributed by atoms with Gasteiger partial charge >= 0.3 is 7.12 Å². The minimum atomic E-state index is -0.397. The minimum absolute atomic E-state index is 0.380. The molecule has 0 saturated carbocycles. The molecule has 42 heavy (non-hydrogen) atoms. The molecule has 1 aliphatic rings. The summed E-state index contributed by atoms with van der Waals surface area (Å²) in [6.07, 6.45) is 0. The van der Waals surface area contributed by atoms with E-state index >= 15 is 0 Å².